The Kier molecular flexibility index (Phi) is 7.92. The lowest BCUT2D eigenvalue weighted by molar-refractivity contribution is -0.123. The van der Waals surface area contributed by atoms with Gasteiger partial charge in [-0.2, -0.15) is 0 Å². The molecule has 1 heterocycles. The number of benzene rings is 3. The van der Waals surface area contributed by atoms with Crippen molar-refractivity contribution >= 4 is 17.5 Å². The zero-order valence-electron chi connectivity index (χ0n) is 22.4. The lowest BCUT2D eigenvalue weighted by atomic mass is 9.94. The Labute approximate surface area is 229 Å². The predicted octanol–water partition coefficient (Wildman–Crippen LogP) is 7.27. The smallest absolute Gasteiger partial charge is 0.275 e. The van der Waals surface area contributed by atoms with E-state index in [0.717, 1.165) is 54.5 Å². The van der Waals surface area contributed by atoms with Crippen LogP contribution in [0.5, 0.6) is 0 Å². The Morgan fingerprint density at radius 1 is 0.872 bits per heavy atom. The largest absolute Gasteiger partial charge is 0.351 e. The Balaban J connectivity index is 1.61. The average molecular weight is 524 g/mol. The highest BCUT2D eigenvalue weighted by Gasteiger charge is 2.36. The standard InChI is InChI=1S/C33H34FN3O2/c1-22-10-9-15-30(23(22)2)37(33(39)29-21-20-28(36-29)24-11-5-3-6-12-24)31(25-16-18-26(34)19-17-25)32(38)35-27-13-7-4-8-14-27/h3,5-6,9-12,15-21,27,31,36H,4,7-8,13-14H2,1-2H3,(H,35,38). The Bertz CT molecular complexity index is 1440. The van der Waals surface area contributed by atoms with Gasteiger partial charge in [0.25, 0.3) is 5.91 Å². The molecule has 0 spiro atoms. The number of carbonyl (C=O) groups excluding carboxylic acids is 2. The molecule has 4 aromatic rings. The first-order valence-electron chi connectivity index (χ1n) is 13.6. The van der Waals surface area contributed by atoms with Gasteiger partial charge in [0, 0.05) is 17.4 Å². The molecule has 1 aromatic heterocycles. The molecule has 0 saturated heterocycles. The first kappa shape index (κ1) is 26.4. The summed E-state index contributed by atoms with van der Waals surface area (Å²) in [6.45, 7) is 3.94. The number of H-pyrrole nitrogens is 1. The third-order valence-corrected chi connectivity index (χ3v) is 7.70. The molecule has 1 aliphatic carbocycles. The van der Waals surface area contributed by atoms with Crippen LogP contribution in [0.2, 0.25) is 0 Å². The van der Waals surface area contributed by atoms with Crippen LogP contribution in [0.1, 0.15) is 65.3 Å². The number of hydrogen-bond acceptors (Lipinski definition) is 2. The lowest BCUT2D eigenvalue weighted by Gasteiger charge is -2.34. The zero-order valence-corrected chi connectivity index (χ0v) is 22.4. The van der Waals surface area contributed by atoms with Crippen LogP contribution in [0.3, 0.4) is 0 Å². The third kappa shape index (κ3) is 5.80. The first-order chi connectivity index (χ1) is 18.9. The van der Waals surface area contributed by atoms with E-state index in [4.69, 9.17) is 0 Å². The van der Waals surface area contributed by atoms with Crippen molar-refractivity contribution in [1.82, 2.24) is 10.3 Å². The summed E-state index contributed by atoms with van der Waals surface area (Å²) < 4.78 is 14.0. The third-order valence-electron chi connectivity index (χ3n) is 7.70. The number of rotatable bonds is 7. The van der Waals surface area contributed by atoms with Crippen LogP contribution in [-0.2, 0) is 4.79 Å². The highest BCUT2D eigenvalue weighted by Crippen LogP contribution is 2.34. The number of aryl methyl sites for hydroxylation is 1. The van der Waals surface area contributed by atoms with Gasteiger partial charge in [0.05, 0.1) is 0 Å². The van der Waals surface area contributed by atoms with Crippen LogP contribution in [0, 0.1) is 19.7 Å². The molecule has 2 N–H and O–H groups in total. The van der Waals surface area contributed by atoms with Gasteiger partial charge in [-0.15, -0.1) is 0 Å². The molecule has 1 atom stereocenters. The molecule has 39 heavy (non-hydrogen) atoms. The van der Waals surface area contributed by atoms with Crippen LogP contribution < -0.4 is 10.2 Å². The van der Waals surface area contributed by atoms with Crippen LogP contribution in [0.15, 0.2) is 84.9 Å². The summed E-state index contributed by atoms with van der Waals surface area (Å²) in [5.41, 5.74) is 5.24. The minimum absolute atomic E-state index is 0.0555. The zero-order chi connectivity index (χ0) is 27.4. The number of nitrogens with zero attached hydrogens (tertiary/aromatic N) is 1. The molecule has 200 valence electrons. The minimum atomic E-state index is -0.982. The summed E-state index contributed by atoms with van der Waals surface area (Å²) in [5.74, 6) is -0.997. The van der Waals surface area contributed by atoms with Gasteiger partial charge in [-0.25, -0.2) is 4.39 Å². The summed E-state index contributed by atoms with van der Waals surface area (Å²) in [6.07, 6.45) is 5.12. The van der Waals surface area contributed by atoms with Crippen LogP contribution in [0.4, 0.5) is 10.1 Å². The maximum atomic E-state index is 14.4. The van der Waals surface area contributed by atoms with Gasteiger partial charge in [0.1, 0.15) is 17.6 Å². The van der Waals surface area contributed by atoms with Crippen molar-refractivity contribution in [3.8, 4) is 11.3 Å². The number of anilines is 1. The van der Waals surface area contributed by atoms with E-state index in [-0.39, 0.29) is 17.9 Å². The minimum Gasteiger partial charge on any atom is -0.351 e. The van der Waals surface area contributed by atoms with E-state index in [1.807, 2.05) is 68.4 Å². The number of aromatic amines is 1. The Morgan fingerprint density at radius 3 is 2.31 bits per heavy atom. The lowest BCUT2D eigenvalue weighted by Crippen LogP contribution is -2.47. The number of amides is 2. The molecule has 1 aliphatic rings. The molecule has 1 saturated carbocycles. The molecule has 3 aromatic carbocycles. The maximum Gasteiger partial charge on any atom is 0.275 e. The van der Waals surface area contributed by atoms with Crippen molar-refractivity contribution in [2.75, 3.05) is 4.90 Å². The first-order valence-corrected chi connectivity index (χ1v) is 13.6. The fraction of sp³-hybridized carbons (Fsp3) is 0.273. The molecule has 6 heteroatoms. The van der Waals surface area contributed by atoms with Crippen LogP contribution >= 0.6 is 0 Å². The molecule has 0 aliphatic heterocycles. The van der Waals surface area contributed by atoms with E-state index in [0.29, 0.717) is 16.9 Å². The molecule has 0 bridgehead atoms. The molecule has 2 amide bonds. The molecule has 1 unspecified atom stereocenters. The maximum absolute atomic E-state index is 14.4. The highest BCUT2D eigenvalue weighted by atomic mass is 19.1. The second-order valence-corrected chi connectivity index (χ2v) is 10.3. The van der Waals surface area contributed by atoms with E-state index in [2.05, 4.69) is 10.3 Å². The average Bonchev–Trinajstić information content (AvgIpc) is 3.45. The van der Waals surface area contributed by atoms with Gasteiger partial charge >= 0.3 is 0 Å². The second kappa shape index (κ2) is 11.7. The molecule has 5 nitrogen and oxygen atoms in total. The van der Waals surface area contributed by atoms with Gasteiger partial charge in [-0.05, 0) is 79.3 Å². The molecule has 1 fully saturated rings. The fourth-order valence-electron chi connectivity index (χ4n) is 5.39. The monoisotopic (exact) mass is 523 g/mol. The number of carbonyl (C=O) groups is 2. The second-order valence-electron chi connectivity index (χ2n) is 10.3. The molecular formula is C33H34FN3O2. The van der Waals surface area contributed by atoms with Gasteiger partial charge < -0.3 is 10.3 Å². The summed E-state index contributed by atoms with van der Waals surface area (Å²) in [5, 5.41) is 3.22. The molecule has 5 rings (SSSR count). The number of halogens is 1. The van der Waals surface area contributed by atoms with Gasteiger partial charge in [0.2, 0.25) is 5.91 Å². The fourth-order valence-corrected chi connectivity index (χ4v) is 5.39. The number of aromatic nitrogens is 1. The Hall–Kier alpha value is -4.19. The van der Waals surface area contributed by atoms with Crippen molar-refractivity contribution in [2.24, 2.45) is 0 Å². The Morgan fingerprint density at radius 2 is 1.59 bits per heavy atom. The summed E-state index contributed by atoms with van der Waals surface area (Å²) >= 11 is 0. The van der Waals surface area contributed by atoms with Gasteiger partial charge in [0.15, 0.2) is 0 Å². The number of hydrogen-bond donors (Lipinski definition) is 2. The molecular weight excluding hydrogens is 489 g/mol. The van der Waals surface area contributed by atoms with Crippen molar-refractivity contribution in [3.05, 3.63) is 113 Å². The highest BCUT2D eigenvalue weighted by molar-refractivity contribution is 6.10. The van der Waals surface area contributed by atoms with E-state index in [9.17, 15) is 14.0 Å². The van der Waals surface area contributed by atoms with E-state index >= 15 is 0 Å². The summed E-state index contributed by atoms with van der Waals surface area (Å²) in [7, 11) is 0. The van der Waals surface area contributed by atoms with E-state index in [1.165, 1.54) is 12.1 Å². The summed E-state index contributed by atoms with van der Waals surface area (Å²) in [4.78, 5) is 33.3. The number of nitrogens with one attached hydrogen (secondary N) is 2. The van der Waals surface area contributed by atoms with E-state index in [1.54, 1.807) is 23.1 Å². The normalized spacial score (nSPS) is 14.5. The van der Waals surface area contributed by atoms with Crippen molar-refractivity contribution < 1.29 is 14.0 Å². The quantitative estimate of drug-likeness (QED) is 0.267. The predicted molar refractivity (Wildman–Crippen MR) is 153 cm³/mol. The van der Waals surface area contributed by atoms with Gasteiger partial charge in [-0.3, -0.25) is 14.5 Å². The SMILES string of the molecule is Cc1cccc(N(C(=O)c2ccc(-c3ccccc3)[nH]2)C(C(=O)NC2CCCCC2)c2ccc(F)cc2)c1C. The topological polar surface area (TPSA) is 65.2 Å². The van der Waals surface area contributed by atoms with Crippen LogP contribution in [0.25, 0.3) is 11.3 Å². The van der Waals surface area contributed by atoms with Crippen molar-refractivity contribution in [3.63, 3.8) is 0 Å². The summed E-state index contributed by atoms with van der Waals surface area (Å²) in [6, 6.07) is 24.1. The van der Waals surface area contributed by atoms with E-state index < -0.39 is 11.9 Å². The van der Waals surface area contributed by atoms with Crippen molar-refractivity contribution in [2.45, 2.75) is 58.0 Å². The van der Waals surface area contributed by atoms with Crippen molar-refractivity contribution in [1.29, 1.82) is 0 Å². The van der Waals surface area contributed by atoms with Crippen LogP contribution in [-0.4, -0.2) is 22.8 Å². The van der Waals surface area contributed by atoms with Gasteiger partial charge in [-0.1, -0.05) is 73.9 Å². The molecule has 0 radical (unpaired) electrons.